The average Bonchev–Trinajstić information content (AvgIpc) is 2.68. The monoisotopic (exact) mass is 410 g/mol. The molecule has 0 bridgehead atoms. The number of esters is 1. The first-order chi connectivity index (χ1) is 13.4. The van der Waals surface area contributed by atoms with Gasteiger partial charge in [0.2, 0.25) is 0 Å². The molecular formula is C20H27O7P. The smallest absolute Gasteiger partial charge is 0.364 e. The Morgan fingerprint density at radius 1 is 1.14 bits per heavy atom. The van der Waals surface area contributed by atoms with E-state index in [2.05, 4.69) is 0 Å². The van der Waals surface area contributed by atoms with Gasteiger partial charge in [-0.25, -0.2) is 0 Å². The number of Topliss-reactive ketones (excluding diaryl/α,β-unsaturated/α-hetero) is 1. The van der Waals surface area contributed by atoms with Gasteiger partial charge in [0.15, 0.2) is 5.78 Å². The molecule has 0 radical (unpaired) electrons. The van der Waals surface area contributed by atoms with Gasteiger partial charge in [0.25, 0.3) is 0 Å². The summed E-state index contributed by atoms with van der Waals surface area (Å²) >= 11 is 0. The summed E-state index contributed by atoms with van der Waals surface area (Å²) in [5.41, 5.74) is 0.767. The predicted octanol–water partition coefficient (Wildman–Crippen LogP) is 4.08. The molecule has 0 saturated heterocycles. The number of rotatable bonds is 9. The van der Waals surface area contributed by atoms with Crippen LogP contribution in [0.15, 0.2) is 35.7 Å². The number of benzene rings is 1. The van der Waals surface area contributed by atoms with Crippen LogP contribution in [0.5, 0.6) is 5.75 Å². The first-order valence-electron chi connectivity index (χ1n) is 9.36. The normalized spacial score (nSPS) is 19.9. The molecule has 0 fully saturated rings. The number of hydrogen-bond donors (Lipinski definition) is 0. The van der Waals surface area contributed by atoms with Gasteiger partial charge >= 0.3 is 13.6 Å². The van der Waals surface area contributed by atoms with Gasteiger partial charge in [-0.3, -0.25) is 14.2 Å². The molecule has 0 aromatic heterocycles. The van der Waals surface area contributed by atoms with Crippen LogP contribution in [-0.4, -0.2) is 38.7 Å². The van der Waals surface area contributed by atoms with E-state index in [1.54, 1.807) is 52.2 Å². The molecule has 1 aliphatic rings. The third-order valence-electron chi connectivity index (χ3n) is 4.46. The molecular weight excluding hydrogens is 383 g/mol. The lowest BCUT2D eigenvalue weighted by molar-refractivity contribution is -0.151. The number of methoxy groups -OCH3 is 1. The van der Waals surface area contributed by atoms with Crippen molar-refractivity contribution in [3.63, 3.8) is 0 Å². The third-order valence-corrected chi connectivity index (χ3v) is 6.65. The van der Waals surface area contributed by atoms with E-state index in [1.165, 1.54) is 0 Å². The maximum absolute atomic E-state index is 13.2. The molecule has 8 heteroatoms. The van der Waals surface area contributed by atoms with Gasteiger partial charge < -0.3 is 18.5 Å². The van der Waals surface area contributed by atoms with Crippen LogP contribution >= 0.6 is 7.60 Å². The van der Waals surface area contributed by atoms with Crippen LogP contribution in [-0.2, 0) is 27.9 Å². The summed E-state index contributed by atoms with van der Waals surface area (Å²) in [5.74, 6) is -2.19. The fourth-order valence-electron chi connectivity index (χ4n) is 3.28. The van der Waals surface area contributed by atoms with Crippen molar-refractivity contribution in [2.45, 2.75) is 33.1 Å². The molecule has 1 aromatic rings. The molecule has 1 aliphatic carbocycles. The molecule has 1 aromatic carbocycles. The van der Waals surface area contributed by atoms with Gasteiger partial charge in [-0.1, -0.05) is 18.2 Å². The Balaban J connectivity index is 2.50. The molecule has 2 atom stereocenters. The first kappa shape index (κ1) is 22.3. The highest BCUT2D eigenvalue weighted by atomic mass is 31.2. The van der Waals surface area contributed by atoms with Crippen LogP contribution in [0.25, 0.3) is 0 Å². The van der Waals surface area contributed by atoms with E-state index >= 15 is 0 Å². The summed E-state index contributed by atoms with van der Waals surface area (Å²) in [6.45, 7) is 5.38. The number of carbonyl (C=O) groups excluding carboxylic acids is 2. The highest BCUT2D eigenvalue weighted by Crippen LogP contribution is 2.59. The fourth-order valence-corrected chi connectivity index (χ4v) is 5.05. The summed E-state index contributed by atoms with van der Waals surface area (Å²) in [6.07, 6.45) is 1.89. The minimum Gasteiger partial charge on any atom is -0.497 e. The van der Waals surface area contributed by atoms with E-state index in [0.717, 1.165) is 5.56 Å². The standard InChI is InChI=1S/C20H27O7P/c1-5-25-20(22)18-16(14-9-8-10-15(13-14)24-4)11-12-17(19(18)21)28(23,26-6-2)27-7-3/h8-10,12-13,16,18H,5-7,11H2,1-4H3/t16-,18-/m0/s1. The van der Waals surface area contributed by atoms with E-state index in [-0.39, 0.29) is 25.1 Å². The molecule has 0 heterocycles. The Bertz CT molecular complexity index is 777. The topological polar surface area (TPSA) is 88.1 Å². The summed E-state index contributed by atoms with van der Waals surface area (Å²) in [7, 11) is -2.25. The number of ketones is 1. The van der Waals surface area contributed by atoms with Gasteiger partial charge in [-0.05, 0) is 44.9 Å². The van der Waals surface area contributed by atoms with Crippen molar-refractivity contribution in [1.29, 1.82) is 0 Å². The molecule has 0 aliphatic heterocycles. The molecule has 0 spiro atoms. The van der Waals surface area contributed by atoms with Crippen molar-refractivity contribution in [3.8, 4) is 5.75 Å². The molecule has 0 unspecified atom stereocenters. The van der Waals surface area contributed by atoms with Crippen molar-refractivity contribution in [3.05, 3.63) is 41.2 Å². The minimum absolute atomic E-state index is 0.0756. The van der Waals surface area contributed by atoms with E-state index < -0.39 is 31.2 Å². The highest BCUT2D eigenvalue weighted by Gasteiger charge is 2.47. The number of allylic oxidation sites excluding steroid dienone is 2. The van der Waals surface area contributed by atoms with E-state index in [1.807, 2.05) is 6.07 Å². The lowest BCUT2D eigenvalue weighted by Gasteiger charge is -2.31. The van der Waals surface area contributed by atoms with Gasteiger partial charge in [-0.2, -0.15) is 0 Å². The zero-order chi connectivity index (χ0) is 20.7. The van der Waals surface area contributed by atoms with Crippen LogP contribution in [0.3, 0.4) is 0 Å². The Morgan fingerprint density at radius 2 is 1.82 bits per heavy atom. The van der Waals surface area contributed by atoms with Crippen molar-refractivity contribution >= 4 is 19.3 Å². The lowest BCUT2D eigenvalue weighted by Crippen LogP contribution is -2.35. The van der Waals surface area contributed by atoms with Gasteiger partial charge in [0.05, 0.1) is 26.9 Å². The largest absolute Gasteiger partial charge is 0.497 e. The zero-order valence-corrected chi connectivity index (χ0v) is 17.6. The van der Waals surface area contributed by atoms with Crippen LogP contribution in [0.2, 0.25) is 0 Å². The Morgan fingerprint density at radius 3 is 2.39 bits per heavy atom. The second kappa shape index (κ2) is 10.0. The molecule has 0 N–H and O–H groups in total. The quantitative estimate of drug-likeness (QED) is 0.344. The molecule has 0 saturated carbocycles. The Hall–Kier alpha value is -1.95. The van der Waals surface area contributed by atoms with Crippen molar-refractivity contribution < 1.29 is 32.7 Å². The predicted molar refractivity (Wildman–Crippen MR) is 104 cm³/mol. The number of hydrogen-bond acceptors (Lipinski definition) is 7. The maximum Gasteiger partial charge on any atom is 0.364 e. The number of ether oxygens (including phenoxy) is 2. The van der Waals surface area contributed by atoms with Gasteiger partial charge in [0, 0.05) is 5.92 Å². The van der Waals surface area contributed by atoms with E-state index in [4.69, 9.17) is 18.5 Å². The highest BCUT2D eigenvalue weighted by molar-refractivity contribution is 7.60. The van der Waals surface area contributed by atoms with E-state index in [9.17, 15) is 14.2 Å². The molecule has 0 amide bonds. The van der Waals surface area contributed by atoms with Gasteiger partial charge in [-0.15, -0.1) is 0 Å². The summed E-state index contributed by atoms with van der Waals surface area (Å²) in [5, 5.41) is -0.0756. The van der Waals surface area contributed by atoms with Crippen molar-refractivity contribution in [1.82, 2.24) is 0 Å². The fraction of sp³-hybridized carbons (Fsp3) is 0.500. The van der Waals surface area contributed by atoms with Crippen molar-refractivity contribution in [2.24, 2.45) is 5.92 Å². The first-order valence-corrected chi connectivity index (χ1v) is 10.9. The SMILES string of the molecule is CCOC(=O)[C@@H]1C(=O)C(P(=O)(OCC)OCC)=CC[C@H]1c1cccc(OC)c1. The van der Waals surface area contributed by atoms with E-state index in [0.29, 0.717) is 12.2 Å². The van der Waals surface area contributed by atoms with Crippen LogP contribution in [0.4, 0.5) is 0 Å². The molecule has 2 rings (SSSR count). The summed E-state index contributed by atoms with van der Waals surface area (Å²) < 4.78 is 34.2. The van der Waals surface area contributed by atoms with Crippen LogP contribution in [0.1, 0.15) is 38.7 Å². The Kier molecular flexibility index (Phi) is 7.98. The minimum atomic E-state index is -3.80. The lowest BCUT2D eigenvalue weighted by atomic mass is 9.77. The second-order valence-electron chi connectivity index (χ2n) is 6.14. The third kappa shape index (κ3) is 4.72. The molecule has 28 heavy (non-hydrogen) atoms. The molecule has 154 valence electrons. The van der Waals surface area contributed by atoms with Crippen molar-refractivity contribution in [2.75, 3.05) is 26.9 Å². The zero-order valence-electron chi connectivity index (χ0n) is 16.7. The van der Waals surface area contributed by atoms with Crippen LogP contribution in [0, 0.1) is 5.92 Å². The maximum atomic E-state index is 13.2. The summed E-state index contributed by atoms with van der Waals surface area (Å²) in [6, 6.07) is 7.20. The van der Waals surface area contributed by atoms with Gasteiger partial charge in [0.1, 0.15) is 17.0 Å². The summed E-state index contributed by atoms with van der Waals surface area (Å²) in [4.78, 5) is 25.9. The molecule has 7 nitrogen and oxygen atoms in total. The second-order valence-corrected chi connectivity index (χ2v) is 8.13. The number of carbonyl (C=O) groups is 2. The van der Waals surface area contributed by atoms with Crippen LogP contribution < -0.4 is 4.74 Å². The average molecular weight is 410 g/mol. The Labute approximate surface area is 165 Å².